The van der Waals surface area contributed by atoms with E-state index in [1.54, 1.807) is 13.0 Å². The lowest BCUT2D eigenvalue weighted by Crippen LogP contribution is -2.15. The van der Waals surface area contributed by atoms with Crippen LogP contribution in [0.15, 0.2) is 12.2 Å². The first-order valence-electron chi connectivity index (χ1n) is 4.47. The molecule has 0 heterocycles. The fourth-order valence-electron chi connectivity index (χ4n) is 0.586. The molecule has 0 aromatic rings. The molecule has 0 aliphatic rings. The van der Waals surface area contributed by atoms with Crippen molar-refractivity contribution < 1.29 is 19.4 Å². The molecule has 0 rings (SSSR count). The van der Waals surface area contributed by atoms with Crippen molar-refractivity contribution in [2.75, 3.05) is 6.61 Å². The Bertz CT molecular complexity index is 206. The molecule has 0 radical (unpaired) electrons. The van der Waals surface area contributed by atoms with Crippen molar-refractivity contribution in [3.8, 4) is 0 Å². The zero-order chi connectivity index (χ0) is 12.3. The van der Waals surface area contributed by atoms with Gasteiger partial charge in [0.1, 0.15) is 0 Å². The predicted molar refractivity (Wildman–Crippen MR) is 62.1 cm³/mol. The van der Waals surface area contributed by atoms with Crippen molar-refractivity contribution >= 4 is 25.1 Å². The van der Waals surface area contributed by atoms with Crippen molar-refractivity contribution in [1.82, 2.24) is 0 Å². The van der Waals surface area contributed by atoms with Crippen LogP contribution in [0.5, 0.6) is 0 Å². The standard InChI is InChI=1S/C9H16O2S.CH2O2/c1-4-5-8(10)11-7-6-9(2,3)12;2-1-3/h4-5,12H,6-7H2,1-3H3;1H,(H,2,3). The van der Waals surface area contributed by atoms with Crippen LogP contribution in [0.4, 0.5) is 0 Å². The maximum atomic E-state index is 10.8. The molecule has 0 amide bonds. The summed E-state index contributed by atoms with van der Waals surface area (Å²) in [5.41, 5.74) is 0. The molecule has 4 nitrogen and oxygen atoms in total. The fourth-order valence-corrected chi connectivity index (χ4v) is 0.677. The second kappa shape index (κ2) is 9.58. The van der Waals surface area contributed by atoms with Gasteiger partial charge in [0, 0.05) is 10.8 Å². The second-order valence-electron chi connectivity index (χ2n) is 3.34. The first-order valence-corrected chi connectivity index (χ1v) is 4.91. The van der Waals surface area contributed by atoms with E-state index in [-0.39, 0.29) is 17.2 Å². The minimum atomic E-state index is -0.282. The third-order valence-corrected chi connectivity index (χ3v) is 1.48. The van der Waals surface area contributed by atoms with E-state index in [1.165, 1.54) is 6.08 Å². The minimum absolute atomic E-state index is 0.0732. The van der Waals surface area contributed by atoms with Crippen LogP contribution >= 0.6 is 12.6 Å². The summed E-state index contributed by atoms with van der Waals surface area (Å²) in [6, 6.07) is 0. The van der Waals surface area contributed by atoms with Crippen LogP contribution in [0, 0.1) is 0 Å². The first kappa shape index (κ1) is 16.5. The van der Waals surface area contributed by atoms with Crippen LogP contribution in [0.2, 0.25) is 0 Å². The highest BCUT2D eigenvalue weighted by atomic mass is 32.1. The van der Waals surface area contributed by atoms with E-state index in [1.807, 2.05) is 13.8 Å². The summed E-state index contributed by atoms with van der Waals surface area (Å²) in [6.07, 6.45) is 3.83. The molecule has 0 aliphatic carbocycles. The molecule has 0 aromatic carbocycles. The summed E-state index contributed by atoms with van der Waals surface area (Å²) in [6.45, 7) is 5.93. The van der Waals surface area contributed by atoms with Crippen LogP contribution in [-0.2, 0) is 14.3 Å². The summed E-state index contributed by atoms with van der Waals surface area (Å²) in [4.78, 5) is 19.2. The number of allylic oxidation sites excluding steroid dienone is 1. The normalized spacial score (nSPS) is 10.4. The number of hydrogen-bond acceptors (Lipinski definition) is 4. The van der Waals surface area contributed by atoms with Crippen molar-refractivity contribution in [3.05, 3.63) is 12.2 Å². The minimum Gasteiger partial charge on any atom is -0.483 e. The third kappa shape index (κ3) is 19.4. The quantitative estimate of drug-likeness (QED) is 0.337. The Morgan fingerprint density at radius 1 is 1.53 bits per heavy atom. The van der Waals surface area contributed by atoms with E-state index in [9.17, 15) is 4.79 Å². The molecular weight excluding hydrogens is 216 g/mol. The van der Waals surface area contributed by atoms with Gasteiger partial charge >= 0.3 is 5.97 Å². The molecule has 0 aliphatic heterocycles. The Kier molecular flexibility index (Phi) is 10.5. The van der Waals surface area contributed by atoms with Gasteiger partial charge in [-0.3, -0.25) is 4.79 Å². The summed E-state index contributed by atoms with van der Waals surface area (Å²) < 4.78 is 4.81. The molecule has 0 aromatic heterocycles. The average molecular weight is 234 g/mol. The molecule has 1 N–H and O–H groups in total. The monoisotopic (exact) mass is 234 g/mol. The number of carbonyl (C=O) groups excluding carboxylic acids is 1. The number of rotatable bonds is 4. The molecule has 0 atom stereocenters. The van der Waals surface area contributed by atoms with E-state index in [2.05, 4.69) is 12.6 Å². The zero-order valence-electron chi connectivity index (χ0n) is 9.27. The lowest BCUT2D eigenvalue weighted by molar-refractivity contribution is -0.138. The Morgan fingerprint density at radius 2 is 2.00 bits per heavy atom. The molecule has 0 saturated carbocycles. The number of hydrogen-bond donors (Lipinski definition) is 2. The van der Waals surface area contributed by atoms with Crippen LogP contribution < -0.4 is 0 Å². The van der Waals surface area contributed by atoms with E-state index in [4.69, 9.17) is 14.6 Å². The van der Waals surface area contributed by atoms with Crippen molar-refractivity contribution in [2.24, 2.45) is 0 Å². The van der Waals surface area contributed by atoms with Gasteiger partial charge in [0.25, 0.3) is 6.47 Å². The van der Waals surface area contributed by atoms with Crippen LogP contribution in [0.3, 0.4) is 0 Å². The van der Waals surface area contributed by atoms with Gasteiger partial charge in [0.2, 0.25) is 0 Å². The molecule has 0 unspecified atom stereocenters. The number of carboxylic acid groups (broad SMARTS) is 1. The Labute approximate surface area is 95.7 Å². The highest BCUT2D eigenvalue weighted by molar-refractivity contribution is 7.81. The number of esters is 1. The smallest absolute Gasteiger partial charge is 0.330 e. The SMILES string of the molecule is CC=CC(=O)OCCC(C)(C)S.O=CO. The molecule has 5 heteroatoms. The van der Waals surface area contributed by atoms with Crippen LogP contribution in [-0.4, -0.2) is 28.9 Å². The van der Waals surface area contributed by atoms with Crippen molar-refractivity contribution in [1.29, 1.82) is 0 Å². The molecule has 0 bridgehead atoms. The Balaban J connectivity index is 0. The Hall–Kier alpha value is -0.970. The summed E-state index contributed by atoms with van der Waals surface area (Å²) in [7, 11) is 0. The van der Waals surface area contributed by atoms with E-state index >= 15 is 0 Å². The van der Waals surface area contributed by atoms with E-state index in [0.29, 0.717) is 6.61 Å². The first-order chi connectivity index (χ1) is 6.87. The highest BCUT2D eigenvalue weighted by Crippen LogP contribution is 2.16. The predicted octanol–water partition coefficient (Wildman–Crippen LogP) is 1.91. The molecule has 88 valence electrons. The topological polar surface area (TPSA) is 63.6 Å². The molecule has 0 fully saturated rings. The average Bonchev–Trinajstić information content (AvgIpc) is 2.03. The second-order valence-corrected chi connectivity index (χ2v) is 4.55. The van der Waals surface area contributed by atoms with Gasteiger partial charge in [0.05, 0.1) is 6.61 Å². The largest absolute Gasteiger partial charge is 0.483 e. The fraction of sp³-hybridized carbons (Fsp3) is 0.600. The maximum absolute atomic E-state index is 10.8. The number of ether oxygens (including phenoxy) is 1. The number of carbonyl (C=O) groups is 2. The lowest BCUT2D eigenvalue weighted by Gasteiger charge is -2.15. The summed E-state index contributed by atoms with van der Waals surface area (Å²) >= 11 is 4.30. The van der Waals surface area contributed by atoms with Gasteiger partial charge < -0.3 is 9.84 Å². The van der Waals surface area contributed by atoms with E-state index < -0.39 is 0 Å². The molecule has 0 saturated heterocycles. The maximum Gasteiger partial charge on any atom is 0.330 e. The molecule has 15 heavy (non-hydrogen) atoms. The van der Waals surface area contributed by atoms with Crippen molar-refractivity contribution in [3.63, 3.8) is 0 Å². The van der Waals surface area contributed by atoms with Gasteiger partial charge in [-0.15, -0.1) is 0 Å². The van der Waals surface area contributed by atoms with Gasteiger partial charge in [-0.1, -0.05) is 19.9 Å². The number of thiol groups is 1. The highest BCUT2D eigenvalue weighted by Gasteiger charge is 2.11. The summed E-state index contributed by atoms with van der Waals surface area (Å²) in [5, 5.41) is 6.89. The van der Waals surface area contributed by atoms with E-state index in [0.717, 1.165) is 6.42 Å². The van der Waals surface area contributed by atoms with Crippen LogP contribution in [0.1, 0.15) is 27.2 Å². The van der Waals surface area contributed by atoms with Gasteiger partial charge in [0.15, 0.2) is 0 Å². The van der Waals surface area contributed by atoms with Gasteiger partial charge in [-0.25, -0.2) is 4.79 Å². The summed E-state index contributed by atoms with van der Waals surface area (Å²) in [5.74, 6) is -0.282. The van der Waals surface area contributed by atoms with Gasteiger partial charge in [-0.2, -0.15) is 12.6 Å². The molecular formula is C10H18O4S. The lowest BCUT2D eigenvalue weighted by atomic mass is 10.1. The Morgan fingerprint density at radius 3 is 2.33 bits per heavy atom. The van der Waals surface area contributed by atoms with Crippen molar-refractivity contribution in [2.45, 2.75) is 31.9 Å². The van der Waals surface area contributed by atoms with Gasteiger partial charge in [-0.05, 0) is 13.3 Å². The third-order valence-electron chi connectivity index (χ3n) is 1.26. The molecule has 0 spiro atoms. The van der Waals surface area contributed by atoms with Crippen LogP contribution in [0.25, 0.3) is 0 Å². The zero-order valence-corrected chi connectivity index (χ0v) is 10.2.